The Balaban J connectivity index is 1.92. The Morgan fingerprint density at radius 2 is 2.00 bits per heavy atom. The number of benzene rings is 1. The van der Waals surface area contributed by atoms with Gasteiger partial charge in [-0.3, -0.25) is 0 Å². The summed E-state index contributed by atoms with van der Waals surface area (Å²) in [5, 5.41) is 5.33. The first kappa shape index (κ1) is 16.2. The first-order valence-electron chi connectivity index (χ1n) is 7.62. The summed E-state index contributed by atoms with van der Waals surface area (Å²) in [5.41, 5.74) is 1.80. The summed E-state index contributed by atoms with van der Waals surface area (Å²) in [7, 11) is 0. The molecule has 0 bridgehead atoms. The molecule has 112 valence electrons. The third-order valence-corrected chi connectivity index (χ3v) is 5.97. The molecule has 2 unspecified atom stereocenters. The topological polar surface area (TPSA) is 12.0 Å². The van der Waals surface area contributed by atoms with Gasteiger partial charge < -0.3 is 5.32 Å². The summed E-state index contributed by atoms with van der Waals surface area (Å²) in [6, 6.07) is 8.90. The molecule has 2 atom stereocenters. The maximum absolute atomic E-state index is 5.94. The molecule has 0 aromatic heterocycles. The van der Waals surface area contributed by atoms with Crippen molar-refractivity contribution in [1.29, 1.82) is 0 Å². The Kier molecular flexibility index (Phi) is 5.83. The van der Waals surface area contributed by atoms with Crippen LogP contribution >= 0.6 is 23.4 Å². The lowest BCUT2D eigenvalue weighted by Gasteiger charge is -2.31. The minimum atomic E-state index is 0.423. The Morgan fingerprint density at radius 1 is 1.30 bits per heavy atom. The van der Waals surface area contributed by atoms with Gasteiger partial charge in [0.15, 0.2) is 0 Å². The van der Waals surface area contributed by atoms with Crippen molar-refractivity contribution in [2.45, 2.75) is 57.1 Å². The van der Waals surface area contributed by atoms with Crippen LogP contribution < -0.4 is 5.32 Å². The molecule has 0 amide bonds. The molecule has 1 aromatic rings. The van der Waals surface area contributed by atoms with E-state index < -0.39 is 0 Å². The second kappa shape index (κ2) is 7.20. The van der Waals surface area contributed by atoms with Gasteiger partial charge in [0, 0.05) is 22.1 Å². The molecule has 3 heteroatoms. The quantitative estimate of drug-likeness (QED) is 0.781. The average molecular weight is 312 g/mol. The molecule has 1 aliphatic rings. The summed E-state index contributed by atoms with van der Waals surface area (Å²) < 4.78 is 0. The van der Waals surface area contributed by atoms with Gasteiger partial charge in [-0.1, -0.05) is 44.5 Å². The summed E-state index contributed by atoms with van der Waals surface area (Å²) in [6.45, 7) is 8.18. The van der Waals surface area contributed by atoms with Gasteiger partial charge in [-0.05, 0) is 48.9 Å². The zero-order chi connectivity index (χ0) is 14.6. The molecule has 1 N–H and O–H groups in total. The van der Waals surface area contributed by atoms with Crippen LogP contribution in [0.3, 0.4) is 0 Å². The van der Waals surface area contributed by atoms with Crippen molar-refractivity contribution < 1.29 is 0 Å². The number of nitrogens with one attached hydrogen (secondary N) is 1. The van der Waals surface area contributed by atoms with Gasteiger partial charge in [0.2, 0.25) is 0 Å². The molecule has 1 fully saturated rings. The average Bonchev–Trinajstić information content (AvgIpc) is 2.71. The van der Waals surface area contributed by atoms with Gasteiger partial charge in [-0.25, -0.2) is 0 Å². The van der Waals surface area contributed by atoms with Crippen LogP contribution in [0.2, 0.25) is 5.02 Å². The van der Waals surface area contributed by atoms with Gasteiger partial charge in [0.05, 0.1) is 0 Å². The summed E-state index contributed by atoms with van der Waals surface area (Å²) >= 11 is 8.04. The van der Waals surface area contributed by atoms with Gasteiger partial charge >= 0.3 is 0 Å². The van der Waals surface area contributed by atoms with Crippen LogP contribution in [0.1, 0.15) is 45.6 Å². The Labute approximate surface area is 132 Å². The number of halogens is 1. The molecule has 0 spiro atoms. The number of hydrogen-bond donors (Lipinski definition) is 1. The first-order chi connectivity index (χ1) is 9.53. The smallest absolute Gasteiger partial charge is 0.0406 e. The van der Waals surface area contributed by atoms with E-state index in [9.17, 15) is 0 Å². The zero-order valence-electron chi connectivity index (χ0n) is 12.8. The molecule has 0 radical (unpaired) electrons. The Morgan fingerprint density at radius 3 is 2.65 bits per heavy atom. The van der Waals surface area contributed by atoms with Crippen LogP contribution in [0.4, 0.5) is 0 Å². The summed E-state index contributed by atoms with van der Waals surface area (Å²) in [5.74, 6) is 1.09. The highest BCUT2D eigenvalue weighted by atomic mass is 35.5. The highest BCUT2D eigenvalue weighted by Gasteiger charge is 2.41. The molecule has 20 heavy (non-hydrogen) atoms. The molecular weight excluding hydrogens is 286 g/mol. The van der Waals surface area contributed by atoms with E-state index in [1.54, 1.807) is 0 Å². The van der Waals surface area contributed by atoms with E-state index in [0.29, 0.717) is 11.5 Å². The largest absolute Gasteiger partial charge is 0.312 e. The standard InChI is InChI=1S/C17H26ClNS/c1-4-11-19-16-15(9-10-17(16,2)3)20-12-13-5-7-14(18)8-6-13/h5-8,15-16,19H,4,9-12H2,1-3H3. The zero-order valence-corrected chi connectivity index (χ0v) is 14.4. The lowest BCUT2D eigenvalue weighted by Crippen LogP contribution is -2.43. The fourth-order valence-electron chi connectivity index (χ4n) is 3.01. The van der Waals surface area contributed by atoms with Crippen LogP contribution in [0.25, 0.3) is 0 Å². The van der Waals surface area contributed by atoms with Crippen LogP contribution in [0, 0.1) is 5.41 Å². The molecule has 1 nitrogen and oxygen atoms in total. The third-order valence-electron chi connectivity index (χ3n) is 4.28. The predicted molar refractivity (Wildman–Crippen MR) is 91.6 cm³/mol. The molecular formula is C17H26ClNS. The molecule has 0 saturated heterocycles. The van der Waals surface area contributed by atoms with Crippen molar-refractivity contribution in [3.05, 3.63) is 34.9 Å². The maximum atomic E-state index is 5.94. The third kappa shape index (κ3) is 4.16. The fourth-order valence-corrected chi connectivity index (χ4v) is 4.68. The van der Waals surface area contributed by atoms with Crippen molar-refractivity contribution in [2.24, 2.45) is 5.41 Å². The van der Waals surface area contributed by atoms with E-state index in [1.165, 1.54) is 24.8 Å². The number of thioether (sulfide) groups is 1. The Hall–Kier alpha value is -0.180. The van der Waals surface area contributed by atoms with E-state index in [-0.39, 0.29) is 0 Å². The van der Waals surface area contributed by atoms with Crippen LogP contribution in [0.5, 0.6) is 0 Å². The lowest BCUT2D eigenvalue weighted by molar-refractivity contribution is 0.287. The summed E-state index contributed by atoms with van der Waals surface area (Å²) in [4.78, 5) is 0. The Bertz CT molecular complexity index is 416. The predicted octanol–water partition coefficient (Wildman–Crippen LogP) is 5.13. The van der Waals surface area contributed by atoms with Crippen molar-refractivity contribution in [1.82, 2.24) is 5.32 Å². The minimum Gasteiger partial charge on any atom is -0.312 e. The SMILES string of the molecule is CCCNC1C(SCc2ccc(Cl)cc2)CCC1(C)C. The summed E-state index contributed by atoms with van der Waals surface area (Å²) in [6.07, 6.45) is 3.86. The molecule has 1 aliphatic carbocycles. The second-order valence-corrected chi connectivity index (χ2v) is 8.10. The molecule has 2 rings (SSSR count). The highest BCUT2D eigenvalue weighted by molar-refractivity contribution is 7.99. The van der Waals surface area contributed by atoms with Gasteiger partial charge in [-0.15, -0.1) is 0 Å². The van der Waals surface area contributed by atoms with Gasteiger partial charge in [-0.2, -0.15) is 11.8 Å². The molecule has 0 aliphatic heterocycles. The van der Waals surface area contributed by atoms with E-state index in [0.717, 1.165) is 22.6 Å². The van der Waals surface area contributed by atoms with E-state index >= 15 is 0 Å². The van der Waals surface area contributed by atoms with Crippen molar-refractivity contribution in [3.63, 3.8) is 0 Å². The van der Waals surface area contributed by atoms with Gasteiger partial charge in [0.25, 0.3) is 0 Å². The highest BCUT2D eigenvalue weighted by Crippen LogP contribution is 2.43. The number of rotatable bonds is 6. The second-order valence-electron chi connectivity index (χ2n) is 6.43. The molecule has 1 saturated carbocycles. The maximum Gasteiger partial charge on any atom is 0.0406 e. The monoisotopic (exact) mass is 311 g/mol. The normalized spacial score (nSPS) is 25.0. The minimum absolute atomic E-state index is 0.423. The molecule has 0 heterocycles. The van der Waals surface area contributed by atoms with E-state index in [4.69, 9.17) is 11.6 Å². The fraction of sp³-hybridized carbons (Fsp3) is 0.647. The van der Waals surface area contributed by atoms with Crippen LogP contribution in [0.15, 0.2) is 24.3 Å². The van der Waals surface area contributed by atoms with Crippen LogP contribution in [-0.4, -0.2) is 17.8 Å². The first-order valence-corrected chi connectivity index (χ1v) is 9.05. The lowest BCUT2D eigenvalue weighted by atomic mass is 9.87. The van der Waals surface area contributed by atoms with E-state index in [1.807, 2.05) is 12.1 Å². The van der Waals surface area contributed by atoms with E-state index in [2.05, 4.69) is 50.0 Å². The molecule has 1 aromatic carbocycles. The van der Waals surface area contributed by atoms with Crippen LogP contribution in [-0.2, 0) is 5.75 Å². The van der Waals surface area contributed by atoms with Crippen molar-refractivity contribution >= 4 is 23.4 Å². The number of hydrogen-bond acceptors (Lipinski definition) is 2. The van der Waals surface area contributed by atoms with Crippen molar-refractivity contribution in [2.75, 3.05) is 6.54 Å². The van der Waals surface area contributed by atoms with Crippen molar-refractivity contribution in [3.8, 4) is 0 Å². The van der Waals surface area contributed by atoms with Gasteiger partial charge in [0.1, 0.15) is 0 Å².